The fraction of sp³-hybridized carbons (Fsp3) is 0. The zero-order valence-electron chi connectivity index (χ0n) is 25.1. The Morgan fingerprint density at radius 2 is 0.717 bits per heavy atom. The average Bonchev–Trinajstić information content (AvgIpc) is 3.15. The van der Waals surface area contributed by atoms with Gasteiger partial charge < -0.3 is 0 Å². The number of aromatic nitrogens is 3. The van der Waals surface area contributed by atoms with Crippen LogP contribution in [-0.4, -0.2) is 15.0 Å². The average molecular weight is 588 g/mol. The van der Waals surface area contributed by atoms with E-state index in [-0.39, 0.29) is 0 Å². The standard InChI is InChI=1S/C43H29N3/c1-5-14-30(15-6-1)34-24-25-39-35(26-34)22-13-23-40(39)43-45-41(33-20-11-4-12-21-33)44-42(46-43)38-28-36(31-16-7-2-8-17-31)27-37(29-38)32-18-9-3-10-19-32/h1-29H. The van der Waals surface area contributed by atoms with Gasteiger partial charge in [-0.3, -0.25) is 0 Å². The molecule has 3 nitrogen and oxygen atoms in total. The first-order chi connectivity index (χ1) is 22.8. The third-order valence-electron chi connectivity index (χ3n) is 8.30. The van der Waals surface area contributed by atoms with Crippen molar-refractivity contribution in [3.63, 3.8) is 0 Å². The maximum atomic E-state index is 5.18. The van der Waals surface area contributed by atoms with Crippen molar-refractivity contribution in [2.45, 2.75) is 0 Å². The third kappa shape index (κ3) is 5.47. The Labute approximate surface area is 268 Å². The number of nitrogens with zero attached hydrogens (tertiary/aromatic N) is 3. The molecule has 0 aliphatic rings. The van der Waals surface area contributed by atoms with E-state index in [9.17, 15) is 0 Å². The van der Waals surface area contributed by atoms with Crippen LogP contribution in [0.1, 0.15) is 0 Å². The molecule has 0 bridgehead atoms. The molecule has 1 aromatic heterocycles. The topological polar surface area (TPSA) is 38.7 Å². The molecule has 0 atom stereocenters. The van der Waals surface area contributed by atoms with Crippen LogP contribution in [0.2, 0.25) is 0 Å². The molecule has 0 radical (unpaired) electrons. The molecule has 0 saturated carbocycles. The molecule has 0 aliphatic carbocycles. The van der Waals surface area contributed by atoms with E-state index < -0.39 is 0 Å². The number of hydrogen-bond acceptors (Lipinski definition) is 3. The smallest absolute Gasteiger partial charge is 0.164 e. The van der Waals surface area contributed by atoms with Crippen LogP contribution in [0, 0.1) is 0 Å². The fourth-order valence-electron chi connectivity index (χ4n) is 5.98. The van der Waals surface area contributed by atoms with E-state index in [1.807, 2.05) is 48.5 Å². The van der Waals surface area contributed by atoms with Crippen molar-refractivity contribution in [2.75, 3.05) is 0 Å². The predicted octanol–water partition coefficient (Wildman–Crippen LogP) is 11.0. The second kappa shape index (κ2) is 12.1. The largest absolute Gasteiger partial charge is 0.208 e. The maximum absolute atomic E-state index is 5.18. The van der Waals surface area contributed by atoms with Crippen LogP contribution in [0.25, 0.3) is 78.3 Å². The van der Waals surface area contributed by atoms with Crippen molar-refractivity contribution >= 4 is 10.8 Å². The van der Waals surface area contributed by atoms with Gasteiger partial charge in [0.1, 0.15) is 0 Å². The third-order valence-corrected chi connectivity index (χ3v) is 8.30. The Kier molecular flexibility index (Phi) is 7.18. The molecule has 8 rings (SSSR count). The Balaban J connectivity index is 1.33. The molecule has 0 unspecified atom stereocenters. The number of hydrogen-bond donors (Lipinski definition) is 0. The monoisotopic (exact) mass is 587 g/mol. The van der Waals surface area contributed by atoms with Gasteiger partial charge >= 0.3 is 0 Å². The molecule has 0 aliphatic heterocycles. The molecule has 7 aromatic carbocycles. The molecule has 3 heteroatoms. The lowest BCUT2D eigenvalue weighted by molar-refractivity contribution is 1.08. The highest BCUT2D eigenvalue weighted by Crippen LogP contribution is 2.35. The SMILES string of the molecule is c1ccc(-c2cc(-c3ccccc3)cc(-c3nc(-c4ccccc4)nc(-c4cccc5cc(-c6ccccc6)ccc45)n3)c2)cc1. The van der Waals surface area contributed by atoms with Gasteiger partial charge in [0.25, 0.3) is 0 Å². The summed E-state index contributed by atoms with van der Waals surface area (Å²) in [5, 5.41) is 2.24. The predicted molar refractivity (Wildman–Crippen MR) is 190 cm³/mol. The van der Waals surface area contributed by atoms with Crippen molar-refractivity contribution in [3.05, 3.63) is 176 Å². The second-order valence-corrected chi connectivity index (χ2v) is 11.3. The number of rotatable bonds is 6. The quantitative estimate of drug-likeness (QED) is 0.194. The van der Waals surface area contributed by atoms with Crippen molar-refractivity contribution in [1.29, 1.82) is 0 Å². The van der Waals surface area contributed by atoms with E-state index in [2.05, 4.69) is 127 Å². The van der Waals surface area contributed by atoms with Gasteiger partial charge in [-0.25, -0.2) is 15.0 Å². The van der Waals surface area contributed by atoms with Crippen LogP contribution in [0.5, 0.6) is 0 Å². The van der Waals surface area contributed by atoms with E-state index in [0.29, 0.717) is 17.5 Å². The molecule has 1 heterocycles. The minimum absolute atomic E-state index is 0.636. The minimum atomic E-state index is 0.636. The zero-order valence-corrected chi connectivity index (χ0v) is 25.1. The molecule has 46 heavy (non-hydrogen) atoms. The van der Waals surface area contributed by atoms with Crippen molar-refractivity contribution < 1.29 is 0 Å². The summed E-state index contributed by atoms with van der Waals surface area (Å²) < 4.78 is 0. The molecule has 0 fully saturated rings. The Morgan fingerprint density at radius 1 is 0.261 bits per heavy atom. The second-order valence-electron chi connectivity index (χ2n) is 11.3. The summed E-state index contributed by atoms with van der Waals surface area (Å²) in [6.45, 7) is 0. The summed E-state index contributed by atoms with van der Waals surface area (Å²) in [6.07, 6.45) is 0. The van der Waals surface area contributed by atoms with E-state index >= 15 is 0 Å². The number of benzene rings is 7. The Bertz CT molecular complexity index is 2220. The van der Waals surface area contributed by atoms with Gasteiger partial charge in [-0.05, 0) is 68.4 Å². The van der Waals surface area contributed by atoms with Gasteiger partial charge in [-0.1, -0.05) is 152 Å². The van der Waals surface area contributed by atoms with Crippen LogP contribution < -0.4 is 0 Å². The van der Waals surface area contributed by atoms with Crippen LogP contribution in [0.15, 0.2) is 176 Å². The van der Waals surface area contributed by atoms with E-state index in [1.54, 1.807) is 0 Å². The number of fused-ring (bicyclic) bond motifs is 1. The lowest BCUT2D eigenvalue weighted by Gasteiger charge is -2.13. The molecule has 8 aromatic rings. The molecule has 0 spiro atoms. The summed E-state index contributed by atoms with van der Waals surface area (Å²) >= 11 is 0. The van der Waals surface area contributed by atoms with E-state index in [0.717, 1.165) is 49.7 Å². The summed E-state index contributed by atoms with van der Waals surface area (Å²) in [5.74, 6) is 1.93. The first-order valence-corrected chi connectivity index (χ1v) is 15.4. The first-order valence-electron chi connectivity index (χ1n) is 15.4. The van der Waals surface area contributed by atoms with Gasteiger partial charge in [0.15, 0.2) is 17.5 Å². The Hall–Kier alpha value is -6.19. The fourth-order valence-corrected chi connectivity index (χ4v) is 5.98. The van der Waals surface area contributed by atoms with Gasteiger partial charge in [0, 0.05) is 16.7 Å². The first kappa shape index (κ1) is 27.4. The van der Waals surface area contributed by atoms with E-state index in [4.69, 9.17) is 15.0 Å². The van der Waals surface area contributed by atoms with Crippen molar-refractivity contribution in [2.24, 2.45) is 0 Å². The van der Waals surface area contributed by atoms with Gasteiger partial charge in [0.2, 0.25) is 0 Å². The molecular weight excluding hydrogens is 558 g/mol. The van der Waals surface area contributed by atoms with Crippen LogP contribution in [-0.2, 0) is 0 Å². The summed E-state index contributed by atoms with van der Waals surface area (Å²) in [4.78, 5) is 15.3. The molecular formula is C43H29N3. The van der Waals surface area contributed by atoms with Crippen LogP contribution >= 0.6 is 0 Å². The normalized spacial score (nSPS) is 11.0. The maximum Gasteiger partial charge on any atom is 0.164 e. The van der Waals surface area contributed by atoms with Crippen molar-refractivity contribution in [1.82, 2.24) is 15.0 Å². The van der Waals surface area contributed by atoms with Crippen molar-refractivity contribution in [3.8, 4) is 67.5 Å². The summed E-state index contributed by atoms with van der Waals surface area (Å²) in [7, 11) is 0. The molecule has 0 N–H and O–H groups in total. The van der Waals surface area contributed by atoms with Crippen LogP contribution in [0.4, 0.5) is 0 Å². The molecule has 0 saturated heterocycles. The van der Waals surface area contributed by atoms with Gasteiger partial charge in [-0.15, -0.1) is 0 Å². The van der Waals surface area contributed by atoms with E-state index in [1.165, 1.54) is 11.1 Å². The molecule has 0 amide bonds. The van der Waals surface area contributed by atoms with Gasteiger partial charge in [0.05, 0.1) is 0 Å². The lowest BCUT2D eigenvalue weighted by Crippen LogP contribution is -2.01. The summed E-state index contributed by atoms with van der Waals surface area (Å²) in [6, 6.07) is 61.1. The lowest BCUT2D eigenvalue weighted by atomic mass is 9.95. The highest BCUT2D eigenvalue weighted by Gasteiger charge is 2.16. The minimum Gasteiger partial charge on any atom is -0.208 e. The Morgan fingerprint density at radius 3 is 1.28 bits per heavy atom. The highest BCUT2D eigenvalue weighted by atomic mass is 15.0. The van der Waals surface area contributed by atoms with Gasteiger partial charge in [-0.2, -0.15) is 0 Å². The zero-order chi connectivity index (χ0) is 30.7. The summed E-state index contributed by atoms with van der Waals surface area (Å²) in [5.41, 5.74) is 9.73. The highest BCUT2D eigenvalue weighted by molar-refractivity contribution is 5.97. The molecule has 216 valence electrons. The van der Waals surface area contributed by atoms with Crippen LogP contribution in [0.3, 0.4) is 0 Å².